The number of anilines is 1. The van der Waals surface area contributed by atoms with Crippen LogP contribution in [0.3, 0.4) is 0 Å². The number of carbonyl (C=O) groups excluding carboxylic acids is 2. The van der Waals surface area contributed by atoms with E-state index in [2.05, 4.69) is 0 Å². The van der Waals surface area contributed by atoms with Gasteiger partial charge >= 0.3 is 0 Å². The molecule has 6 nitrogen and oxygen atoms in total. The van der Waals surface area contributed by atoms with Crippen LogP contribution < -0.4 is 14.4 Å². The normalized spacial score (nSPS) is 14.4. The Morgan fingerprint density at radius 1 is 1.04 bits per heavy atom. The van der Waals surface area contributed by atoms with Crippen molar-refractivity contribution in [3.8, 4) is 11.5 Å². The molecule has 0 aromatic heterocycles. The van der Waals surface area contributed by atoms with Crippen molar-refractivity contribution in [3.63, 3.8) is 0 Å². The number of rotatable bonds is 5. The van der Waals surface area contributed by atoms with Crippen LogP contribution in [0.1, 0.15) is 24.2 Å². The van der Waals surface area contributed by atoms with E-state index >= 15 is 0 Å². The van der Waals surface area contributed by atoms with Crippen LogP contribution in [0.4, 0.5) is 5.69 Å². The number of piperazine rings is 1. The maximum atomic E-state index is 12.7. The first-order chi connectivity index (χ1) is 13.0. The van der Waals surface area contributed by atoms with E-state index in [1.54, 1.807) is 41.2 Å². The van der Waals surface area contributed by atoms with Crippen molar-refractivity contribution in [2.24, 2.45) is 0 Å². The highest BCUT2D eigenvalue weighted by Gasteiger charge is 2.29. The fraction of sp³-hybridized carbons (Fsp3) is 0.333. The van der Waals surface area contributed by atoms with Gasteiger partial charge in [0.15, 0.2) is 0 Å². The number of benzene rings is 2. The van der Waals surface area contributed by atoms with Gasteiger partial charge in [-0.05, 0) is 50.2 Å². The first-order valence-electron chi connectivity index (χ1n) is 8.99. The Morgan fingerprint density at radius 3 is 2.37 bits per heavy atom. The standard InChI is InChI=1S/C21H24N2O4/c1-15(2)27-17-10-8-16(9-11-17)21(25)22-12-13-23(20(24)14-22)18-6-4-5-7-19(18)26-3/h4-11,15H,12-14H2,1-3H3. The molecule has 0 bridgehead atoms. The summed E-state index contributed by atoms with van der Waals surface area (Å²) in [6.07, 6.45) is 0.0761. The van der Waals surface area contributed by atoms with Crippen molar-refractivity contribution in [1.29, 1.82) is 0 Å². The van der Waals surface area contributed by atoms with Crippen LogP contribution >= 0.6 is 0 Å². The number of ether oxygens (including phenoxy) is 2. The van der Waals surface area contributed by atoms with Crippen molar-refractivity contribution in [2.45, 2.75) is 20.0 Å². The molecule has 0 atom stereocenters. The van der Waals surface area contributed by atoms with Gasteiger partial charge in [0.25, 0.3) is 5.91 Å². The minimum Gasteiger partial charge on any atom is -0.495 e. The van der Waals surface area contributed by atoms with Crippen molar-refractivity contribution in [3.05, 3.63) is 54.1 Å². The van der Waals surface area contributed by atoms with Gasteiger partial charge < -0.3 is 19.3 Å². The van der Waals surface area contributed by atoms with Crippen LogP contribution in [-0.4, -0.2) is 49.6 Å². The van der Waals surface area contributed by atoms with Gasteiger partial charge in [-0.2, -0.15) is 0 Å². The predicted octanol–water partition coefficient (Wildman–Crippen LogP) is 2.97. The van der Waals surface area contributed by atoms with Gasteiger partial charge in [0.2, 0.25) is 5.91 Å². The Morgan fingerprint density at radius 2 is 1.74 bits per heavy atom. The topological polar surface area (TPSA) is 59.1 Å². The Hall–Kier alpha value is -3.02. The van der Waals surface area contributed by atoms with Gasteiger partial charge in [0, 0.05) is 18.7 Å². The Labute approximate surface area is 159 Å². The minimum absolute atomic E-state index is 0.0428. The maximum Gasteiger partial charge on any atom is 0.254 e. The Kier molecular flexibility index (Phi) is 5.64. The quantitative estimate of drug-likeness (QED) is 0.814. The smallest absolute Gasteiger partial charge is 0.254 e. The zero-order valence-corrected chi connectivity index (χ0v) is 15.8. The molecule has 2 aromatic rings. The average molecular weight is 368 g/mol. The van der Waals surface area contributed by atoms with Crippen molar-refractivity contribution in [2.75, 3.05) is 31.6 Å². The minimum atomic E-state index is -0.154. The largest absolute Gasteiger partial charge is 0.495 e. The lowest BCUT2D eigenvalue weighted by atomic mass is 10.1. The van der Waals surface area contributed by atoms with E-state index in [9.17, 15) is 9.59 Å². The third kappa shape index (κ3) is 4.22. The molecular weight excluding hydrogens is 344 g/mol. The summed E-state index contributed by atoms with van der Waals surface area (Å²) in [6, 6.07) is 14.4. The molecule has 1 fully saturated rings. The first-order valence-corrected chi connectivity index (χ1v) is 8.99. The number of amides is 2. The lowest BCUT2D eigenvalue weighted by molar-refractivity contribution is -0.120. The zero-order valence-electron chi connectivity index (χ0n) is 15.8. The molecule has 0 unspecified atom stereocenters. The third-order valence-corrected chi connectivity index (χ3v) is 4.36. The molecule has 2 aromatic carbocycles. The van der Waals surface area contributed by atoms with Crippen molar-refractivity contribution >= 4 is 17.5 Å². The van der Waals surface area contributed by atoms with E-state index < -0.39 is 0 Å². The average Bonchev–Trinajstić information content (AvgIpc) is 2.67. The molecule has 0 saturated carbocycles. The highest BCUT2D eigenvalue weighted by molar-refractivity contribution is 6.02. The molecule has 1 aliphatic rings. The Balaban J connectivity index is 1.68. The molecule has 0 N–H and O–H groups in total. The van der Waals surface area contributed by atoms with Gasteiger partial charge in [-0.3, -0.25) is 9.59 Å². The summed E-state index contributed by atoms with van der Waals surface area (Å²) >= 11 is 0. The van der Waals surface area contributed by atoms with E-state index in [4.69, 9.17) is 9.47 Å². The van der Waals surface area contributed by atoms with Crippen LogP contribution in [0.15, 0.2) is 48.5 Å². The molecule has 1 aliphatic heterocycles. The molecule has 27 heavy (non-hydrogen) atoms. The number of carbonyl (C=O) groups is 2. The van der Waals surface area contributed by atoms with Gasteiger partial charge in [-0.15, -0.1) is 0 Å². The van der Waals surface area contributed by atoms with Crippen LogP contribution in [0.5, 0.6) is 11.5 Å². The van der Waals surface area contributed by atoms with Gasteiger partial charge in [0.05, 0.1) is 18.9 Å². The molecule has 3 rings (SSSR count). The van der Waals surface area contributed by atoms with Crippen LogP contribution in [0.25, 0.3) is 0 Å². The summed E-state index contributed by atoms with van der Waals surface area (Å²) in [5.74, 6) is 1.09. The second kappa shape index (κ2) is 8.12. The van der Waals surface area contributed by atoms with E-state index in [0.29, 0.717) is 24.4 Å². The van der Waals surface area contributed by atoms with E-state index in [1.165, 1.54) is 0 Å². The highest BCUT2D eigenvalue weighted by atomic mass is 16.5. The number of nitrogens with zero attached hydrogens (tertiary/aromatic N) is 2. The van der Waals surface area contributed by atoms with Crippen molar-refractivity contribution in [1.82, 2.24) is 4.90 Å². The summed E-state index contributed by atoms with van der Waals surface area (Å²) < 4.78 is 10.9. The SMILES string of the molecule is COc1ccccc1N1CCN(C(=O)c2ccc(OC(C)C)cc2)CC1=O. The van der Waals surface area contributed by atoms with Crippen LogP contribution in [-0.2, 0) is 4.79 Å². The second-order valence-corrected chi connectivity index (χ2v) is 6.63. The molecule has 142 valence electrons. The number of methoxy groups -OCH3 is 1. The van der Waals surface area contributed by atoms with Gasteiger partial charge in [-0.25, -0.2) is 0 Å². The number of para-hydroxylation sites is 2. The zero-order chi connectivity index (χ0) is 19.4. The summed E-state index contributed by atoms with van der Waals surface area (Å²) in [5, 5.41) is 0. The second-order valence-electron chi connectivity index (χ2n) is 6.63. The van der Waals surface area contributed by atoms with Crippen molar-refractivity contribution < 1.29 is 19.1 Å². The summed E-state index contributed by atoms with van der Waals surface area (Å²) in [6.45, 7) is 4.84. The van der Waals surface area contributed by atoms with E-state index in [1.807, 2.05) is 38.1 Å². The Bertz CT molecular complexity index is 817. The molecule has 0 radical (unpaired) electrons. The number of hydrogen-bond donors (Lipinski definition) is 0. The van der Waals surface area contributed by atoms with Gasteiger partial charge in [0.1, 0.15) is 18.0 Å². The fourth-order valence-electron chi connectivity index (χ4n) is 3.08. The third-order valence-electron chi connectivity index (χ3n) is 4.36. The lowest BCUT2D eigenvalue weighted by Crippen LogP contribution is -2.52. The molecular formula is C21H24N2O4. The summed E-state index contributed by atoms with van der Waals surface area (Å²) in [5.41, 5.74) is 1.27. The van der Waals surface area contributed by atoms with Gasteiger partial charge in [-0.1, -0.05) is 12.1 Å². The summed E-state index contributed by atoms with van der Waals surface area (Å²) in [4.78, 5) is 28.6. The number of hydrogen-bond acceptors (Lipinski definition) is 4. The lowest BCUT2D eigenvalue weighted by Gasteiger charge is -2.35. The maximum absolute atomic E-state index is 12.7. The molecule has 2 amide bonds. The molecule has 6 heteroatoms. The molecule has 1 saturated heterocycles. The van der Waals surface area contributed by atoms with Crippen LogP contribution in [0.2, 0.25) is 0 Å². The van der Waals surface area contributed by atoms with E-state index in [0.717, 1.165) is 11.4 Å². The van der Waals surface area contributed by atoms with E-state index in [-0.39, 0.29) is 24.5 Å². The monoisotopic (exact) mass is 368 g/mol. The predicted molar refractivity (Wildman–Crippen MR) is 103 cm³/mol. The summed E-state index contributed by atoms with van der Waals surface area (Å²) in [7, 11) is 1.58. The molecule has 1 heterocycles. The van der Waals surface area contributed by atoms with Crippen LogP contribution in [0, 0.1) is 0 Å². The molecule has 0 aliphatic carbocycles. The fourth-order valence-corrected chi connectivity index (χ4v) is 3.08. The first kappa shape index (κ1) is 18.8. The molecule has 0 spiro atoms. The highest BCUT2D eigenvalue weighted by Crippen LogP contribution is 2.29.